The Morgan fingerprint density at radius 1 is 1.53 bits per heavy atom. The lowest BCUT2D eigenvalue weighted by Crippen LogP contribution is -2.24. The zero-order chi connectivity index (χ0) is 14.3. The topological polar surface area (TPSA) is 64.3 Å². The lowest BCUT2D eigenvalue weighted by Gasteiger charge is -2.10. The summed E-state index contributed by atoms with van der Waals surface area (Å²) < 4.78 is 18.7. The van der Waals surface area contributed by atoms with Crippen molar-refractivity contribution >= 4 is 5.91 Å². The van der Waals surface area contributed by atoms with Gasteiger partial charge in [-0.15, -0.1) is 0 Å². The van der Waals surface area contributed by atoms with Gasteiger partial charge >= 0.3 is 0 Å². The summed E-state index contributed by atoms with van der Waals surface area (Å²) in [5, 5.41) is 2.69. The summed E-state index contributed by atoms with van der Waals surface area (Å²) in [7, 11) is 1.61. The number of nitrogens with two attached hydrogens (primary N) is 1. The van der Waals surface area contributed by atoms with Crippen LogP contribution in [0.5, 0.6) is 0 Å². The van der Waals surface area contributed by atoms with Crippen LogP contribution in [0.25, 0.3) is 0 Å². The number of rotatable bonds is 7. The molecule has 0 fully saturated rings. The van der Waals surface area contributed by atoms with Gasteiger partial charge in [0.1, 0.15) is 5.82 Å². The van der Waals surface area contributed by atoms with E-state index >= 15 is 0 Å². The fraction of sp³-hybridized carbons (Fsp3) is 0.500. The van der Waals surface area contributed by atoms with Crippen LogP contribution in [0.1, 0.15) is 30.9 Å². The highest BCUT2D eigenvalue weighted by atomic mass is 19.1. The molecule has 4 nitrogen and oxygen atoms in total. The Balaban J connectivity index is 2.42. The first kappa shape index (κ1) is 15.6. The highest BCUT2D eigenvalue weighted by Gasteiger charge is 2.08. The predicted molar refractivity (Wildman–Crippen MR) is 71.8 cm³/mol. The van der Waals surface area contributed by atoms with Crippen LogP contribution in [0.2, 0.25) is 0 Å². The number of hydrogen-bond donors (Lipinski definition) is 2. The van der Waals surface area contributed by atoms with Gasteiger partial charge in [0.2, 0.25) is 5.91 Å². The quantitative estimate of drug-likeness (QED) is 0.791. The monoisotopic (exact) mass is 268 g/mol. The molecule has 0 aliphatic heterocycles. The summed E-state index contributed by atoms with van der Waals surface area (Å²) in [5.41, 5.74) is 6.62. The van der Waals surface area contributed by atoms with Crippen molar-refractivity contribution in [3.8, 4) is 0 Å². The molecular formula is C14H21FN2O2. The molecule has 1 aromatic carbocycles. The van der Waals surface area contributed by atoms with Crippen molar-refractivity contribution in [3.05, 3.63) is 35.1 Å². The van der Waals surface area contributed by atoms with Crippen LogP contribution in [0.4, 0.5) is 4.39 Å². The summed E-state index contributed by atoms with van der Waals surface area (Å²) in [6.07, 6.45) is 1.07. The van der Waals surface area contributed by atoms with Gasteiger partial charge in [0, 0.05) is 32.2 Å². The molecule has 0 bridgehead atoms. The van der Waals surface area contributed by atoms with E-state index in [1.807, 2.05) is 6.92 Å². The maximum Gasteiger partial charge on any atom is 0.220 e. The van der Waals surface area contributed by atoms with Crippen LogP contribution >= 0.6 is 0 Å². The molecule has 0 aromatic heterocycles. The molecule has 1 atom stereocenters. The second-order valence-corrected chi connectivity index (χ2v) is 4.49. The molecule has 0 saturated carbocycles. The van der Waals surface area contributed by atoms with Gasteiger partial charge < -0.3 is 15.8 Å². The average Bonchev–Trinajstić information content (AvgIpc) is 2.43. The van der Waals surface area contributed by atoms with Gasteiger partial charge in [-0.3, -0.25) is 4.79 Å². The SMILES string of the molecule is COC(C)CCC(=O)NCc1ccc(CN)cc1F. The Morgan fingerprint density at radius 3 is 2.84 bits per heavy atom. The fourth-order valence-electron chi connectivity index (χ4n) is 1.60. The molecule has 3 N–H and O–H groups in total. The molecule has 1 rings (SSSR count). The van der Waals surface area contributed by atoms with E-state index in [1.54, 1.807) is 19.2 Å². The third-order valence-corrected chi connectivity index (χ3v) is 3.01. The number of hydrogen-bond acceptors (Lipinski definition) is 3. The molecule has 0 spiro atoms. The molecule has 1 unspecified atom stereocenters. The number of methoxy groups -OCH3 is 1. The molecule has 0 saturated heterocycles. The van der Waals surface area contributed by atoms with Gasteiger partial charge in [-0.05, 0) is 25.0 Å². The van der Waals surface area contributed by atoms with Crippen molar-refractivity contribution in [1.82, 2.24) is 5.32 Å². The molecule has 1 aromatic rings. The Bertz CT molecular complexity index is 424. The van der Waals surface area contributed by atoms with E-state index in [0.717, 1.165) is 5.56 Å². The maximum absolute atomic E-state index is 13.6. The molecule has 19 heavy (non-hydrogen) atoms. The standard InChI is InChI=1S/C14H21FN2O2/c1-10(19-2)3-6-14(18)17-9-12-5-4-11(8-16)7-13(12)15/h4-5,7,10H,3,6,8-9,16H2,1-2H3,(H,17,18). The Hall–Kier alpha value is -1.46. The van der Waals surface area contributed by atoms with Crippen molar-refractivity contribution in [2.45, 2.75) is 39.0 Å². The lowest BCUT2D eigenvalue weighted by molar-refractivity contribution is -0.121. The van der Waals surface area contributed by atoms with Gasteiger partial charge in [0.25, 0.3) is 0 Å². The van der Waals surface area contributed by atoms with Crippen molar-refractivity contribution in [3.63, 3.8) is 0 Å². The number of halogens is 1. The van der Waals surface area contributed by atoms with Gasteiger partial charge in [-0.25, -0.2) is 4.39 Å². The number of amides is 1. The van der Waals surface area contributed by atoms with E-state index in [4.69, 9.17) is 10.5 Å². The first-order valence-corrected chi connectivity index (χ1v) is 6.33. The van der Waals surface area contributed by atoms with Crippen molar-refractivity contribution in [2.24, 2.45) is 5.73 Å². The smallest absolute Gasteiger partial charge is 0.220 e. The number of carbonyl (C=O) groups is 1. The van der Waals surface area contributed by atoms with Crippen LogP contribution in [0.15, 0.2) is 18.2 Å². The van der Waals surface area contributed by atoms with Crippen molar-refractivity contribution in [2.75, 3.05) is 7.11 Å². The Labute approximate surface area is 113 Å². The summed E-state index contributed by atoms with van der Waals surface area (Å²) in [6.45, 7) is 2.40. The van der Waals surface area contributed by atoms with Gasteiger partial charge in [-0.1, -0.05) is 12.1 Å². The molecule has 5 heteroatoms. The minimum Gasteiger partial charge on any atom is -0.382 e. The summed E-state index contributed by atoms with van der Waals surface area (Å²) in [4.78, 5) is 11.6. The van der Waals surface area contributed by atoms with E-state index < -0.39 is 0 Å². The van der Waals surface area contributed by atoms with Crippen LogP contribution in [-0.4, -0.2) is 19.1 Å². The average molecular weight is 268 g/mol. The first-order chi connectivity index (χ1) is 9.06. The number of ether oxygens (including phenoxy) is 1. The van der Waals surface area contributed by atoms with E-state index in [9.17, 15) is 9.18 Å². The number of benzene rings is 1. The Morgan fingerprint density at radius 2 is 2.26 bits per heavy atom. The maximum atomic E-state index is 13.6. The van der Waals surface area contributed by atoms with E-state index in [-0.39, 0.29) is 24.4 Å². The number of nitrogens with one attached hydrogen (secondary N) is 1. The minimum absolute atomic E-state index is 0.0475. The van der Waals surface area contributed by atoms with E-state index in [1.165, 1.54) is 6.07 Å². The van der Waals surface area contributed by atoms with Crippen LogP contribution < -0.4 is 11.1 Å². The van der Waals surface area contributed by atoms with Gasteiger partial charge in [-0.2, -0.15) is 0 Å². The molecule has 106 valence electrons. The molecule has 0 heterocycles. The third kappa shape index (κ3) is 5.36. The second kappa shape index (κ2) is 7.86. The van der Waals surface area contributed by atoms with E-state index in [2.05, 4.69) is 5.32 Å². The second-order valence-electron chi connectivity index (χ2n) is 4.49. The fourth-order valence-corrected chi connectivity index (χ4v) is 1.60. The van der Waals surface area contributed by atoms with Gasteiger partial charge in [0.15, 0.2) is 0 Å². The normalized spacial score (nSPS) is 12.2. The predicted octanol–water partition coefficient (Wildman–Crippen LogP) is 1.72. The zero-order valence-corrected chi connectivity index (χ0v) is 11.4. The highest BCUT2D eigenvalue weighted by Crippen LogP contribution is 2.10. The number of carbonyl (C=O) groups excluding carboxylic acids is 1. The van der Waals surface area contributed by atoms with Gasteiger partial charge in [0.05, 0.1) is 6.10 Å². The summed E-state index contributed by atoms with van der Waals surface area (Å²) in [6, 6.07) is 4.81. The highest BCUT2D eigenvalue weighted by molar-refractivity contribution is 5.75. The van der Waals surface area contributed by atoms with Crippen LogP contribution in [0.3, 0.4) is 0 Å². The van der Waals surface area contributed by atoms with Crippen LogP contribution in [0, 0.1) is 5.82 Å². The van der Waals surface area contributed by atoms with Crippen LogP contribution in [-0.2, 0) is 22.6 Å². The summed E-state index contributed by atoms with van der Waals surface area (Å²) in [5.74, 6) is -0.445. The first-order valence-electron chi connectivity index (χ1n) is 6.33. The lowest BCUT2D eigenvalue weighted by atomic mass is 10.1. The largest absolute Gasteiger partial charge is 0.382 e. The summed E-state index contributed by atoms with van der Waals surface area (Å²) >= 11 is 0. The third-order valence-electron chi connectivity index (χ3n) is 3.01. The molecule has 0 aliphatic rings. The minimum atomic E-state index is -0.339. The van der Waals surface area contributed by atoms with E-state index in [0.29, 0.717) is 24.9 Å². The molecule has 1 amide bonds. The molecule has 0 aliphatic carbocycles. The zero-order valence-electron chi connectivity index (χ0n) is 11.4. The van der Waals surface area contributed by atoms with Crippen molar-refractivity contribution in [1.29, 1.82) is 0 Å². The molecular weight excluding hydrogens is 247 g/mol. The Kier molecular flexibility index (Phi) is 6.45. The molecule has 0 radical (unpaired) electrons. The van der Waals surface area contributed by atoms with Crippen molar-refractivity contribution < 1.29 is 13.9 Å².